The van der Waals surface area contributed by atoms with E-state index < -0.39 is 11.5 Å². The summed E-state index contributed by atoms with van der Waals surface area (Å²) >= 11 is 0. The van der Waals surface area contributed by atoms with E-state index in [2.05, 4.69) is 20.5 Å². The van der Waals surface area contributed by atoms with Gasteiger partial charge in [0.05, 0.1) is 11.7 Å². The number of amides is 2. The normalized spacial score (nSPS) is 13.8. The summed E-state index contributed by atoms with van der Waals surface area (Å²) in [6.45, 7) is 3.38. The Morgan fingerprint density at radius 3 is 2.48 bits per heavy atom. The molecule has 0 bridgehead atoms. The molecule has 1 fully saturated rings. The number of urea groups is 1. The Bertz CT molecular complexity index is 914. The van der Waals surface area contributed by atoms with Gasteiger partial charge < -0.3 is 25.6 Å². The number of hydrogen-bond acceptors (Lipinski definition) is 4. The molecule has 2 heterocycles. The molecule has 0 unspecified atom stereocenters. The molecule has 2 aromatic rings. The molecule has 142 valence electrons. The Hall–Kier alpha value is -3.29. The van der Waals surface area contributed by atoms with Gasteiger partial charge in [0.25, 0.3) is 5.56 Å². The first kappa shape index (κ1) is 18.5. The fourth-order valence-electron chi connectivity index (χ4n) is 3.15. The van der Waals surface area contributed by atoms with Gasteiger partial charge in [-0.2, -0.15) is 0 Å². The number of nitrogens with zero attached hydrogens (tertiary/aromatic N) is 1. The summed E-state index contributed by atoms with van der Waals surface area (Å²) in [6.07, 6.45) is 0.604. The summed E-state index contributed by atoms with van der Waals surface area (Å²) in [7, 11) is 1.59. The molecule has 1 saturated heterocycles. The van der Waals surface area contributed by atoms with Crippen molar-refractivity contribution < 1.29 is 14.7 Å². The van der Waals surface area contributed by atoms with Gasteiger partial charge in [-0.05, 0) is 35.7 Å². The lowest BCUT2D eigenvalue weighted by Crippen LogP contribution is -2.60. The van der Waals surface area contributed by atoms with Crippen LogP contribution in [0.15, 0.2) is 35.1 Å². The van der Waals surface area contributed by atoms with Crippen molar-refractivity contribution in [3.8, 4) is 11.3 Å². The molecule has 0 aliphatic carbocycles. The molecule has 0 radical (unpaired) electrons. The Morgan fingerprint density at radius 2 is 1.93 bits per heavy atom. The van der Waals surface area contributed by atoms with Crippen LogP contribution < -0.4 is 21.1 Å². The molecule has 1 aromatic heterocycles. The zero-order chi connectivity index (χ0) is 19.6. The van der Waals surface area contributed by atoms with E-state index in [4.69, 9.17) is 5.11 Å². The number of aromatic amines is 1. The van der Waals surface area contributed by atoms with Crippen LogP contribution in [-0.2, 0) is 6.42 Å². The van der Waals surface area contributed by atoms with Gasteiger partial charge in [-0.25, -0.2) is 9.59 Å². The summed E-state index contributed by atoms with van der Waals surface area (Å²) < 4.78 is 0. The van der Waals surface area contributed by atoms with Gasteiger partial charge in [0.1, 0.15) is 5.56 Å². The molecule has 4 N–H and O–H groups in total. The SMILES string of the molecule is CCc1cc(C(=O)O)c(=O)[nH]c1-c1ccc(N2CC(NC(=O)NC)C2)cc1. The molecule has 2 amide bonds. The lowest BCUT2D eigenvalue weighted by atomic mass is 10.0. The first-order valence-corrected chi connectivity index (χ1v) is 8.76. The first-order valence-electron chi connectivity index (χ1n) is 8.76. The number of aryl methyl sites for hydroxylation is 1. The standard InChI is InChI=1S/C19H22N4O4/c1-3-11-8-15(18(25)26)17(24)22-16(11)12-4-6-14(7-5-12)23-9-13(10-23)21-19(27)20-2/h4-8,13H,3,9-10H2,1-2H3,(H,22,24)(H,25,26)(H2,20,21,27). The minimum Gasteiger partial charge on any atom is -0.477 e. The van der Waals surface area contributed by atoms with E-state index in [1.54, 1.807) is 7.05 Å². The van der Waals surface area contributed by atoms with Crippen LogP contribution in [0.4, 0.5) is 10.5 Å². The second kappa shape index (κ2) is 7.53. The van der Waals surface area contributed by atoms with Crippen LogP contribution in [0.1, 0.15) is 22.8 Å². The van der Waals surface area contributed by atoms with Crippen molar-refractivity contribution in [2.75, 3.05) is 25.0 Å². The second-order valence-corrected chi connectivity index (χ2v) is 6.44. The van der Waals surface area contributed by atoms with Crippen LogP contribution in [0.5, 0.6) is 0 Å². The summed E-state index contributed by atoms with van der Waals surface area (Å²) in [4.78, 5) is 39.3. The Labute approximate surface area is 156 Å². The zero-order valence-corrected chi connectivity index (χ0v) is 15.2. The van der Waals surface area contributed by atoms with Crippen molar-refractivity contribution >= 4 is 17.7 Å². The maximum Gasteiger partial charge on any atom is 0.341 e. The van der Waals surface area contributed by atoms with Crippen LogP contribution in [-0.4, -0.2) is 48.3 Å². The number of nitrogens with one attached hydrogen (secondary N) is 3. The minimum atomic E-state index is -1.23. The zero-order valence-electron chi connectivity index (χ0n) is 15.2. The number of rotatable bonds is 5. The highest BCUT2D eigenvalue weighted by Gasteiger charge is 2.28. The van der Waals surface area contributed by atoms with E-state index in [9.17, 15) is 14.4 Å². The fraction of sp³-hybridized carbons (Fsp3) is 0.316. The molecule has 0 atom stereocenters. The topological polar surface area (TPSA) is 115 Å². The largest absolute Gasteiger partial charge is 0.477 e. The summed E-state index contributed by atoms with van der Waals surface area (Å²) in [6, 6.07) is 9.09. The van der Waals surface area contributed by atoms with Crippen LogP contribution >= 0.6 is 0 Å². The number of pyridine rings is 1. The molecule has 8 nitrogen and oxygen atoms in total. The Morgan fingerprint density at radius 1 is 1.26 bits per heavy atom. The number of carbonyl (C=O) groups is 2. The van der Waals surface area contributed by atoms with Crippen molar-refractivity contribution in [2.24, 2.45) is 0 Å². The molecule has 0 spiro atoms. The quantitative estimate of drug-likeness (QED) is 0.635. The van der Waals surface area contributed by atoms with Crippen molar-refractivity contribution in [1.82, 2.24) is 15.6 Å². The number of benzene rings is 1. The third-order valence-corrected chi connectivity index (χ3v) is 4.70. The number of H-pyrrole nitrogens is 1. The van der Waals surface area contributed by atoms with Crippen LogP contribution in [0.2, 0.25) is 0 Å². The third kappa shape index (κ3) is 3.79. The predicted molar refractivity (Wildman–Crippen MR) is 102 cm³/mol. The van der Waals surface area contributed by atoms with Crippen LogP contribution in [0.25, 0.3) is 11.3 Å². The molecular weight excluding hydrogens is 348 g/mol. The lowest BCUT2D eigenvalue weighted by Gasteiger charge is -2.41. The van der Waals surface area contributed by atoms with Gasteiger partial charge in [0.2, 0.25) is 0 Å². The third-order valence-electron chi connectivity index (χ3n) is 4.70. The smallest absolute Gasteiger partial charge is 0.341 e. The van der Waals surface area contributed by atoms with E-state index in [-0.39, 0.29) is 17.6 Å². The lowest BCUT2D eigenvalue weighted by molar-refractivity contribution is 0.0695. The monoisotopic (exact) mass is 370 g/mol. The highest BCUT2D eigenvalue weighted by molar-refractivity contribution is 5.88. The molecular formula is C19H22N4O4. The molecule has 3 rings (SSSR count). The molecule has 1 aliphatic heterocycles. The first-order chi connectivity index (χ1) is 12.9. The van der Waals surface area contributed by atoms with E-state index in [1.165, 1.54) is 6.07 Å². The number of aromatic carboxylic acids is 1. The number of carboxylic acid groups (broad SMARTS) is 1. The van der Waals surface area contributed by atoms with E-state index in [0.717, 1.165) is 29.9 Å². The Balaban J connectivity index is 1.77. The van der Waals surface area contributed by atoms with Gasteiger partial charge in [0, 0.05) is 25.8 Å². The fourth-order valence-corrected chi connectivity index (χ4v) is 3.15. The van der Waals surface area contributed by atoms with Gasteiger partial charge in [-0.1, -0.05) is 19.1 Å². The maximum atomic E-state index is 12.0. The molecule has 27 heavy (non-hydrogen) atoms. The van der Waals surface area contributed by atoms with Crippen molar-refractivity contribution in [2.45, 2.75) is 19.4 Å². The van der Waals surface area contributed by atoms with Gasteiger partial charge in [-0.3, -0.25) is 4.79 Å². The van der Waals surface area contributed by atoms with E-state index in [1.807, 2.05) is 31.2 Å². The second-order valence-electron chi connectivity index (χ2n) is 6.44. The van der Waals surface area contributed by atoms with Gasteiger partial charge in [0.15, 0.2) is 0 Å². The Kier molecular flexibility index (Phi) is 5.16. The number of anilines is 1. The maximum absolute atomic E-state index is 12.0. The van der Waals surface area contributed by atoms with Crippen molar-refractivity contribution in [1.29, 1.82) is 0 Å². The van der Waals surface area contributed by atoms with Crippen molar-refractivity contribution in [3.05, 3.63) is 51.8 Å². The number of hydrogen-bond donors (Lipinski definition) is 4. The number of carbonyl (C=O) groups excluding carboxylic acids is 1. The highest BCUT2D eigenvalue weighted by atomic mass is 16.4. The molecule has 0 saturated carbocycles. The molecule has 1 aromatic carbocycles. The highest BCUT2D eigenvalue weighted by Crippen LogP contribution is 2.27. The average Bonchev–Trinajstić information content (AvgIpc) is 2.63. The van der Waals surface area contributed by atoms with Gasteiger partial charge >= 0.3 is 12.0 Å². The average molecular weight is 370 g/mol. The molecule has 1 aliphatic rings. The van der Waals surface area contributed by atoms with Crippen LogP contribution in [0.3, 0.4) is 0 Å². The van der Waals surface area contributed by atoms with Crippen molar-refractivity contribution in [3.63, 3.8) is 0 Å². The summed E-state index contributed by atoms with van der Waals surface area (Å²) in [5.41, 5.74) is 2.41. The minimum absolute atomic E-state index is 0.122. The molecule has 8 heteroatoms. The summed E-state index contributed by atoms with van der Waals surface area (Å²) in [5, 5.41) is 14.5. The summed E-state index contributed by atoms with van der Waals surface area (Å²) in [5.74, 6) is -1.23. The van der Waals surface area contributed by atoms with E-state index in [0.29, 0.717) is 12.1 Å². The van der Waals surface area contributed by atoms with Crippen LogP contribution in [0, 0.1) is 0 Å². The number of aromatic nitrogens is 1. The predicted octanol–water partition coefficient (Wildman–Crippen LogP) is 1.42. The van der Waals surface area contributed by atoms with E-state index >= 15 is 0 Å². The van der Waals surface area contributed by atoms with Gasteiger partial charge in [-0.15, -0.1) is 0 Å². The number of carboxylic acids is 1.